The molecule has 0 atom stereocenters. The average Bonchev–Trinajstić information content (AvgIpc) is 2.80. The monoisotopic (exact) mass is 306 g/mol. The van der Waals surface area contributed by atoms with Gasteiger partial charge < -0.3 is 5.11 Å². The third-order valence-corrected chi connectivity index (χ3v) is 3.43. The number of hydrogen-bond donors (Lipinski definition) is 1. The molecular formula is C18H14N2O3. The van der Waals surface area contributed by atoms with Crippen LogP contribution in [0.2, 0.25) is 0 Å². The Morgan fingerprint density at radius 2 is 1.48 bits per heavy atom. The summed E-state index contributed by atoms with van der Waals surface area (Å²) in [4.78, 5) is 30.5. The van der Waals surface area contributed by atoms with Crippen LogP contribution in [-0.2, 0) is 9.59 Å². The molecule has 0 spiro atoms. The number of carbonyl (C=O) groups is 2. The summed E-state index contributed by atoms with van der Waals surface area (Å²) in [5.41, 5.74) is 0.865. The Kier molecular flexibility index (Phi) is 3.76. The van der Waals surface area contributed by atoms with Gasteiger partial charge in [-0.1, -0.05) is 36.4 Å². The van der Waals surface area contributed by atoms with Crippen LogP contribution in [0.15, 0.2) is 77.0 Å². The number of nitrogens with zero attached hydrogens (tertiary/aromatic N) is 2. The van der Waals surface area contributed by atoms with Crippen LogP contribution in [0.25, 0.3) is 0 Å². The SMILES string of the molecule is CC(O)=C1C(=O)N(c2ccccc2)C(=O)C1=Nc1ccccc1. The summed E-state index contributed by atoms with van der Waals surface area (Å²) >= 11 is 0. The van der Waals surface area contributed by atoms with E-state index in [2.05, 4.69) is 4.99 Å². The lowest BCUT2D eigenvalue weighted by atomic mass is 10.1. The average molecular weight is 306 g/mol. The molecule has 0 radical (unpaired) electrons. The number of amides is 2. The molecule has 1 N–H and O–H groups in total. The highest BCUT2D eigenvalue weighted by Crippen LogP contribution is 2.27. The van der Waals surface area contributed by atoms with Crippen molar-refractivity contribution in [2.75, 3.05) is 4.90 Å². The molecule has 0 unspecified atom stereocenters. The van der Waals surface area contributed by atoms with Crippen molar-refractivity contribution < 1.29 is 14.7 Å². The molecule has 2 amide bonds. The van der Waals surface area contributed by atoms with E-state index in [1.165, 1.54) is 6.92 Å². The Bertz CT molecular complexity index is 820. The summed E-state index contributed by atoms with van der Waals surface area (Å²) < 4.78 is 0. The molecule has 3 rings (SSSR count). The van der Waals surface area contributed by atoms with Gasteiger partial charge in [0.25, 0.3) is 11.8 Å². The van der Waals surface area contributed by atoms with E-state index < -0.39 is 11.8 Å². The predicted octanol–water partition coefficient (Wildman–Crippen LogP) is 3.16. The smallest absolute Gasteiger partial charge is 0.284 e. The summed E-state index contributed by atoms with van der Waals surface area (Å²) in [6.45, 7) is 1.37. The molecule has 0 aromatic heterocycles. The summed E-state index contributed by atoms with van der Waals surface area (Å²) in [5, 5.41) is 9.85. The highest BCUT2D eigenvalue weighted by molar-refractivity contribution is 6.65. The van der Waals surface area contributed by atoms with Crippen molar-refractivity contribution in [3.8, 4) is 0 Å². The van der Waals surface area contributed by atoms with Crippen molar-refractivity contribution in [3.05, 3.63) is 72.0 Å². The molecule has 1 heterocycles. The molecule has 2 aromatic carbocycles. The minimum absolute atomic E-state index is 0.0509. The molecule has 5 nitrogen and oxygen atoms in total. The second kappa shape index (κ2) is 5.88. The van der Waals surface area contributed by atoms with Crippen LogP contribution in [0.1, 0.15) is 6.92 Å². The van der Waals surface area contributed by atoms with Gasteiger partial charge in [-0.15, -0.1) is 0 Å². The van der Waals surface area contributed by atoms with Crippen molar-refractivity contribution in [3.63, 3.8) is 0 Å². The fourth-order valence-corrected chi connectivity index (χ4v) is 2.39. The van der Waals surface area contributed by atoms with Crippen LogP contribution in [0.4, 0.5) is 11.4 Å². The summed E-state index contributed by atoms with van der Waals surface area (Å²) in [6.07, 6.45) is 0. The second-order valence-corrected chi connectivity index (χ2v) is 5.04. The van der Waals surface area contributed by atoms with Crippen molar-refractivity contribution in [2.45, 2.75) is 6.92 Å². The van der Waals surface area contributed by atoms with Crippen LogP contribution < -0.4 is 4.90 Å². The largest absolute Gasteiger partial charge is 0.512 e. The molecule has 0 aliphatic carbocycles. The second-order valence-electron chi connectivity index (χ2n) is 5.04. The minimum atomic E-state index is -0.573. The van der Waals surface area contributed by atoms with Gasteiger partial charge >= 0.3 is 0 Å². The zero-order valence-corrected chi connectivity index (χ0v) is 12.4. The third kappa shape index (κ3) is 2.64. The van der Waals surface area contributed by atoms with Gasteiger partial charge in [-0.05, 0) is 31.2 Å². The number of aliphatic hydroxyl groups is 1. The van der Waals surface area contributed by atoms with Gasteiger partial charge in [-0.3, -0.25) is 9.59 Å². The lowest BCUT2D eigenvalue weighted by Crippen LogP contribution is -2.30. The van der Waals surface area contributed by atoms with Crippen LogP contribution in [-0.4, -0.2) is 22.6 Å². The Hall–Kier alpha value is -3.21. The van der Waals surface area contributed by atoms with Crippen molar-refractivity contribution in [1.82, 2.24) is 0 Å². The van der Waals surface area contributed by atoms with Crippen LogP contribution >= 0.6 is 0 Å². The van der Waals surface area contributed by atoms with Crippen molar-refractivity contribution >= 4 is 28.9 Å². The van der Waals surface area contributed by atoms with Gasteiger partial charge in [0.1, 0.15) is 17.0 Å². The lowest BCUT2D eigenvalue weighted by molar-refractivity contribution is -0.119. The topological polar surface area (TPSA) is 70.0 Å². The number of allylic oxidation sites excluding steroid dienone is 1. The van der Waals surface area contributed by atoms with E-state index in [0.29, 0.717) is 11.4 Å². The molecule has 23 heavy (non-hydrogen) atoms. The molecule has 1 aliphatic heterocycles. The van der Waals surface area contributed by atoms with E-state index >= 15 is 0 Å². The fourth-order valence-electron chi connectivity index (χ4n) is 2.39. The molecule has 2 aromatic rings. The number of hydrogen-bond acceptors (Lipinski definition) is 4. The van der Waals surface area contributed by atoms with E-state index in [1.807, 2.05) is 6.07 Å². The molecule has 1 saturated heterocycles. The van der Waals surface area contributed by atoms with Gasteiger partial charge in [0, 0.05) is 0 Å². The predicted molar refractivity (Wildman–Crippen MR) is 87.8 cm³/mol. The maximum atomic E-state index is 12.7. The molecule has 0 bridgehead atoms. The molecule has 114 valence electrons. The molecular weight excluding hydrogens is 292 g/mol. The number of rotatable bonds is 2. The van der Waals surface area contributed by atoms with E-state index in [0.717, 1.165) is 4.90 Å². The van der Waals surface area contributed by atoms with Crippen LogP contribution in [0.5, 0.6) is 0 Å². The highest BCUT2D eigenvalue weighted by Gasteiger charge is 2.42. The van der Waals surface area contributed by atoms with Gasteiger partial charge in [-0.25, -0.2) is 9.89 Å². The van der Waals surface area contributed by atoms with E-state index in [-0.39, 0.29) is 17.0 Å². The standard InChI is InChI=1S/C18H14N2O3/c1-12(21)15-16(19-13-8-4-2-5-9-13)18(23)20(17(15)22)14-10-6-3-7-11-14/h2-11,21H,1H3. The van der Waals surface area contributed by atoms with Gasteiger partial charge in [0.15, 0.2) is 0 Å². The first-order valence-corrected chi connectivity index (χ1v) is 7.07. The fraction of sp³-hybridized carbons (Fsp3) is 0.0556. The third-order valence-electron chi connectivity index (χ3n) is 3.43. The Labute approximate surface area is 133 Å². The Balaban J connectivity index is 2.13. The van der Waals surface area contributed by atoms with Gasteiger partial charge in [0.05, 0.1) is 11.4 Å². The molecule has 5 heteroatoms. The first-order valence-electron chi connectivity index (χ1n) is 7.07. The zero-order valence-electron chi connectivity index (χ0n) is 12.4. The quantitative estimate of drug-likeness (QED) is 0.526. The highest BCUT2D eigenvalue weighted by atomic mass is 16.3. The minimum Gasteiger partial charge on any atom is -0.512 e. The number of aliphatic imine (C=N–C) groups is 1. The normalized spacial score (nSPS) is 18.7. The first-order chi connectivity index (χ1) is 11.1. The Morgan fingerprint density at radius 1 is 0.913 bits per heavy atom. The van der Waals surface area contributed by atoms with E-state index in [4.69, 9.17) is 0 Å². The summed E-state index contributed by atoms with van der Waals surface area (Å²) in [7, 11) is 0. The van der Waals surface area contributed by atoms with Crippen molar-refractivity contribution in [2.24, 2.45) is 4.99 Å². The maximum Gasteiger partial charge on any atom is 0.284 e. The Morgan fingerprint density at radius 3 is 2.04 bits per heavy atom. The number of imide groups is 1. The van der Waals surface area contributed by atoms with E-state index in [9.17, 15) is 14.7 Å². The van der Waals surface area contributed by atoms with Crippen LogP contribution in [0.3, 0.4) is 0 Å². The number of para-hydroxylation sites is 2. The van der Waals surface area contributed by atoms with Gasteiger partial charge in [-0.2, -0.15) is 0 Å². The first kappa shape index (κ1) is 14.7. The molecule has 0 saturated carbocycles. The molecule has 1 aliphatic rings. The summed E-state index contributed by atoms with van der Waals surface area (Å²) in [6, 6.07) is 17.4. The summed E-state index contributed by atoms with van der Waals surface area (Å²) in [5.74, 6) is -1.35. The number of carbonyl (C=O) groups excluding carboxylic acids is 2. The number of benzene rings is 2. The van der Waals surface area contributed by atoms with Crippen molar-refractivity contribution in [1.29, 1.82) is 0 Å². The zero-order chi connectivity index (χ0) is 16.4. The number of anilines is 1. The van der Waals surface area contributed by atoms with Crippen LogP contribution in [0, 0.1) is 0 Å². The lowest BCUT2D eigenvalue weighted by Gasteiger charge is -2.12. The maximum absolute atomic E-state index is 12.7. The van der Waals surface area contributed by atoms with E-state index in [1.54, 1.807) is 54.6 Å². The number of aliphatic hydroxyl groups excluding tert-OH is 1. The van der Waals surface area contributed by atoms with Gasteiger partial charge in [0.2, 0.25) is 0 Å². The molecule has 1 fully saturated rings.